The van der Waals surface area contributed by atoms with Crippen LogP contribution in [0.3, 0.4) is 0 Å². The van der Waals surface area contributed by atoms with Crippen LogP contribution in [0.1, 0.15) is 22.3 Å². The van der Waals surface area contributed by atoms with Gasteiger partial charge in [0, 0.05) is 53.6 Å². The lowest BCUT2D eigenvalue weighted by atomic mass is 9.67. The molecule has 0 aliphatic heterocycles. The topological polar surface area (TPSA) is 16.4 Å². The van der Waals surface area contributed by atoms with Crippen molar-refractivity contribution in [3.8, 4) is 55.6 Å². The van der Waals surface area contributed by atoms with Crippen molar-refractivity contribution in [3.63, 3.8) is 0 Å². The zero-order valence-electron chi connectivity index (χ0n) is 41.4. The van der Waals surface area contributed by atoms with E-state index in [0.29, 0.717) is 0 Å². The SMILES string of the molecule is c1ccc(-c2ccc(N(c3ccc(-c4cccc5c4oc4ccccc45)cc3)c3ccc(-c4cccc5c4sc4c(-c6ccc(C7(c8ccccc8)c8ccccc8-c8ccccc87)cc6)cccc45)cc3)cc2)cc1. The number of hydrogen-bond donors (Lipinski definition) is 0. The molecule has 0 spiro atoms. The van der Waals surface area contributed by atoms with Crippen molar-refractivity contribution < 1.29 is 4.42 Å². The Morgan fingerprint density at radius 3 is 1.25 bits per heavy atom. The van der Waals surface area contributed by atoms with Gasteiger partial charge in [-0.15, -0.1) is 11.3 Å². The third kappa shape index (κ3) is 6.94. The Labute approximate surface area is 445 Å². The van der Waals surface area contributed by atoms with E-state index in [9.17, 15) is 0 Å². The summed E-state index contributed by atoms with van der Waals surface area (Å²) in [6.45, 7) is 0. The van der Waals surface area contributed by atoms with Gasteiger partial charge in [0.15, 0.2) is 0 Å². The van der Waals surface area contributed by atoms with Crippen LogP contribution in [0.5, 0.6) is 0 Å². The van der Waals surface area contributed by atoms with E-state index in [1.807, 2.05) is 23.5 Å². The average Bonchev–Trinajstić information content (AvgIpc) is 4.19. The molecule has 0 atom stereocenters. The Kier molecular flexibility index (Phi) is 10.3. The van der Waals surface area contributed by atoms with Gasteiger partial charge in [0.2, 0.25) is 0 Å². The molecule has 76 heavy (non-hydrogen) atoms. The first-order valence-corrected chi connectivity index (χ1v) is 26.9. The van der Waals surface area contributed by atoms with E-state index in [1.165, 1.54) is 86.9 Å². The Bertz CT molecular complexity index is 4430. The largest absolute Gasteiger partial charge is 0.455 e. The molecule has 0 N–H and O–H groups in total. The summed E-state index contributed by atoms with van der Waals surface area (Å²) in [6.07, 6.45) is 0. The number of nitrogens with zero attached hydrogens (tertiary/aromatic N) is 1. The van der Waals surface area contributed by atoms with Crippen molar-refractivity contribution in [1.29, 1.82) is 0 Å². The highest BCUT2D eigenvalue weighted by molar-refractivity contribution is 7.26. The fourth-order valence-electron chi connectivity index (χ4n) is 12.3. The number of para-hydroxylation sites is 2. The first kappa shape index (κ1) is 44.0. The molecule has 2 aromatic heterocycles. The van der Waals surface area contributed by atoms with Gasteiger partial charge < -0.3 is 9.32 Å². The molecule has 2 heterocycles. The standard InChI is InChI=1S/C73H47NOS/c1-3-16-48(17-4-1)49-34-42-55(43-35-49)74(56-44-36-50(37-45-56)58-23-13-26-64-63-22-9-12-31-69(63)75-70(58)64)57-46-38-52(39-47-57)60-25-15-28-66-65-27-14-24-59(71(65)76-72(60)66)51-32-40-54(41-33-51)73(53-18-5-2-6-19-53)67-29-10-7-20-61(67)62-21-8-11-30-68(62)73/h1-47H. The van der Waals surface area contributed by atoms with Gasteiger partial charge in [0.1, 0.15) is 11.2 Å². The number of thiophene rings is 1. The van der Waals surface area contributed by atoms with Crippen molar-refractivity contribution in [2.75, 3.05) is 4.90 Å². The summed E-state index contributed by atoms with van der Waals surface area (Å²) in [6, 6.07) is 104. The summed E-state index contributed by atoms with van der Waals surface area (Å²) >= 11 is 1.90. The van der Waals surface area contributed by atoms with Crippen LogP contribution in [0.4, 0.5) is 17.1 Å². The van der Waals surface area contributed by atoms with Crippen LogP contribution < -0.4 is 4.90 Å². The Hall–Kier alpha value is -9.54. The zero-order valence-corrected chi connectivity index (χ0v) is 42.2. The smallest absolute Gasteiger partial charge is 0.143 e. The molecule has 0 amide bonds. The molecule has 2 nitrogen and oxygen atoms in total. The van der Waals surface area contributed by atoms with E-state index in [4.69, 9.17) is 4.42 Å². The quantitative estimate of drug-likeness (QED) is 0.143. The molecule has 0 radical (unpaired) electrons. The van der Waals surface area contributed by atoms with Gasteiger partial charge in [-0.2, -0.15) is 0 Å². The van der Waals surface area contributed by atoms with E-state index in [-0.39, 0.29) is 0 Å². The van der Waals surface area contributed by atoms with Gasteiger partial charge in [0.05, 0.1) is 5.41 Å². The number of anilines is 3. The Morgan fingerprint density at radius 1 is 0.276 bits per heavy atom. The molecule has 0 saturated carbocycles. The molecule has 0 fully saturated rings. The molecule has 356 valence electrons. The molecule has 15 rings (SSSR count). The molecular formula is C73H47NOS. The van der Waals surface area contributed by atoms with Crippen LogP contribution in [-0.4, -0.2) is 0 Å². The van der Waals surface area contributed by atoms with Crippen LogP contribution in [0.15, 0.2) is 290 Å². The second-order valence-electron chi connectivity index (χ2n) is 19.9. The summed E-state index contributed by atoms with van der Waals surface area (Å²) < 4.78 is 9.05. The lowest BCUT2D eigenvalue weighted by Crippen LogP contribution is -2.28. The van der Waals surface area contributed by atoms with E-state index >= 15 is 0 Å². The minimum Gasteiger partial charge on any atom is -0.455 e. The predicted molar refractivity (Wildman–Crippen MR) is 320 cm³/mol. The third-order valence-corrected chi connectivity index (χ3v) is 17.1. The number of rotatable bonds is 9. The summed E-state index contributed by atoms with van der Waals surface area (Å²) in [5, 5.41) is 4.82. The highest BCUT2D eigenvalue weighted by Crippen LogP contribution is 2.56. The van der Waals surface area contributed by atoms with E-state index in [2.05, 4.69) is 278 Å². The van der Waals surface area contributed by atoms with Gasteiger partial charge in [0.25, 0.3) is 0 Å². The summed E-state index contributed by atoms with van der Waals surface area (Å²) in [5.74, 6) is 0. The van der Waals surface area contributed by atoms with Crippen molar-refractivity contribution in [2.45, 2.75) is 5.41 Å². The van der Waals surface area contributed by atoms with Gasteiger partial charge in [-0.25, -0.2) is 0 Å². The van der Waals surface area contributed by atoms with E-state index in [0.717, 1.165) is 50.1 Å². The second kappa shape index (κ2) is 17.8. The van der Waals surface area contributed by atoms with Crippen molar-refractivity contribution >= 4 is 70.5 Å². The summed E-state index contributed by atoms with van der Waals surface area (Å²) in [5.41, 5.74) is 21.9. The summed E-state index contributed by atoms with van der Waals surface area (Å²) in [4.78, 5) is 2.35. The first-order valence-electron chi connectivity index (χ1n) is 26.1. The van der Waals surface area contributed by atoms with Crippen LogP contribution in [0.25, 0.3) is 97.7 Å². The Morgan fingerprint density at radius 2 is 0.671 bits per heavy atom. The minimum absolute atomic E-state index is 0.428. The predicted octanol–water partition coefficient (Wildman–Crippen LogP) is 20.5. The van der Waals surface area contributed by atoms with Crippen LogP contribution in [-0.2, 0) is 5.41 Å². The minimum atomic E-state index is -0.428. The molecule has 14 aromatic rings. The van der Waals surface area contributed by atoms with Crippen LogP contribution in [0, 0.1) is 0 Å². The molecule has 0 bridgehead atoms. The maximum absolute atomic E-state index is 6.46. The van der Waals surface area contributed by atoms with Crippen molar-refractivity contribution in [2.24, 2.45) is 0 Å². The summed E-state index contributed by atoms with van der Waals surface area (Å²) in [7, 11) is 0. The van der Waals surface area contributed by atoms with Crippen molar-refractivity contribution in [1.82, 2.24) is 0 Å². The molecule has 0 unspecified atom stereocenters. The molecule has 0 saturated heterocycles. The van der Waals surface area contributed by atoms with Crippen LogP contribution >= 0.6 is 11.3 Å². The van der Waals surface area contributed by atoms with Crippen molar-refractivity contribution in [3.05, 3.63) is 307 Å². The monoisotopic (exact) mass is 985 g/mol. The normalized spacial score (nSPS) is 12.6. The highest BCUT2D eigenvalue weighted by Gasteiger charge is 2.45. The van der Waals surface area contributed by atoms with Gasteiger partial charge in [-0.1, -0.05) is 243 Å². The molecular weight excluding hydrogens is 939 g/mol. The zero-order chi connectivity index (χ0) is 50.2. The van der Waals surface area contributed by atoms with Gasteiger partial charge in [-0.05, 0) is 115 Å². The first-order chi connectivity index (χ1) is 37.7. The molecule has 1 aliphatic carbocycles. The van der Waals surface area contributed by atoms with E-state index in [1.54, 1.807) is 0 Å². The van der Waals surface area contributed by atoms with Gasteiger partial charge in [-0.3, -0.25) is 0 Å². The molecule has 1 aliphatic rings. The fourth-order valence-corrected chi connectivity index (χ4v) is 13.7. The number of benzene rings is 12. The molecule has 12 aromatic carbocycles. The Balaban J connectivity index is 0.793. The molecule has 3 heteroatoms. The maximum atomic E-state index is 6.46. The number of furan rings is 1. The van der Waals surface area contributed by atoms with Gasteiger partial charge >= 0.3 is 0 Å². The lowest BCUT2D eigenvalue weighted by molar-refractivity contribution is 0.670. The second-order valence-corrected chi connectivity index (χ2v) is 20.9. The maximum Gasteiger partial charge on any atom is 0.143 e. The average molecular weight is 986 g/mol. The van der Waals surface area contributed by atoms with Crippen LogP contribution in [0.2, 0.25) is 0 Å². The highest BCUT2D eigenvalue weighted by atomic mass is 32.1. The number of hydrogen-bond acceptors (Lipinski definition) is 3. The number of fused-ring (bicyclic) bond motifs is 9. The fraction of sp³-hybridized carbons (Fsp3) is 0.0137. The van der Waals surface area contributed by atoms with E-state index < -0.39 is 5.41 Å². The third-order valence-electron chi connectivity index (χ3n) is 15.8. The lowest BCUT2D eigenvalue weighted by Gasteiger charge is -2.34.